The molecule has 4 atom stereocenters. The number of aromatic nitrogens is 4. The van der Waals surface area contributed by atoms with Gasteiger partial charge in [-0.25, -0.2) is 27.5 Å². The summed E-state index contributed by atoms with van der Waals surface area (Å²) in [7, 11) is 11.8. The molecule has 6 heterocycles. The first-order chi connectivity index (χ1) is 26.7. The Kier molecular flexibility index (Phi) is 8.77. The van der Waals surface area contributed by atoms with Gasteiger partial charge in [0.05, 0.1) is 77.8 Å². The van der Waals surface area contributed by atoms with Crippen LogP contribution in [-0.4, -0.2) is 110 Å². The first-order valence-corrected chi connectivity index (χ1v) is 19.6. The number of nitrogens with zero attached hydrogens (tertiary/aromatic N) is 6. The Labute approximate surface area is 331 Å². The molecule has 2 aliphatic carbocycles. The van der Waals surface area contributed by atoms with E-state index < -0.39 is 23.3 Å². The second-order valence-corrected chi connectivity index (χ2v) is 17.3. The average molecular weight is 812 g/mol. The molecule has 10 nitrogen and oxygen atoms in total. The smallest absolute Gasteiger partial charge is 0.169 e. The van der Waals surface area contributed by atoms with Gasteiger partial charge in [-0.3, -0.25) is 0 Å². The molecule has 6 aromatic rings. The van der Waals surface area contributed by atoms with Crippen molar-refractivity contribution >= 4 is 89.8 Å². The first kappa shape index (κ1) is 37.3. The lowest BCUT2D eigenvalue weighted by Gasteiger charge is -2.22. The van der Waals surface area contributed by atoms with E-state index in [0.717, 1.165) is 75.4 Å². The van der Waals surface area contributed by atoms with Crippen molar-refractivity contribution in [2.24, 2.45) is 10.8 Å². The lowest BCUT2D eigenvalue weighted by Crippen LogP contribution is -2.26. The van der Waals surface area contributed by atoms with Crippen LogP contribution in [0.15, 0.2) is 24.5 Å². The van der Waals surface area contributed by atoms with E-state index in [1.165, 1.54) is 0 Å². The van der Waals surface area contributed by atoms with Gasteiger partial charge >= 0.3 is 0 Å². The summed E-state index contributed by atoms with van der Waals surface area (Å²) in [5.74, 6) is -3.54. The zero-order valence-electron chi connectivity index (χ0n) is 32.1. The molecule has 296 valence electrons. The molecule has 2 aromatic carbocycles. The number of benzene rings is 2. The fourth-order valence-electron chi connectivity index (χ4n) is 10.0. The maximum atomic E-state index is 14.9. The van der Waals surface area contributed by atoms with Gasteiger partial charge < -0.3 is 40.2 Å². The van der Waals surface area contributed by atoms with Crippen LogP contribution >= 0.6 is 23.2 Å². The Morgan fingerprint density at radius 1 is 0.679 bits per heavy atom. The fourth-order valence-corrected chi connectivity index (χ4v) is 10.5. The number of halogens is 6. The summed E-state index contributed by atoms with van der Waals surface area (Å²) < 4.78 is 58.3. The minimum absolute atomic E-state index is 0.199. The van der Waals surface area contributed by atoms with Crippen molar-refractivity contribution in [3.8, 4) is 0 Å². The van der Waals surface area contributed by atoms with Crippen LogP contribution < -0.4 is 20.4 Å². The molecule has 4 aliphatic rings. The number of hydrogen-bond acceptors (Lipinski definition) is 8. The van der Waals surface area contributed by atoms with Gasteiger partial charge in [0, 0.05) is 75.3 Å². The Morgan fingerprint density at radius 2 is 1.07 bits per heavy atom. The molecule has 2 aliphatic heterocycles. The van der Waals surface area contributed by atoms with Crippen molar-refractivity contribution in [2.75, 3.05) is 88.9 Å². The Bertz CT molecular complexity index is 2400. The van der Waals surface area contributed by atoms with Gasteiger partial charge in [0.2, 0.25) is 0 Å². The van der Waals surface area contributed by atoms with Crippen molar-refractivity contribution < 1.29 is 17.6 Å². The molecule has 4 aromatic heterocycles. The standard InChI is InChI=1S/2C20H22ClF2N5/c2*1-24-12-6-11(22)16(23)14-15-18(10(21)8-25-19(15)26-17(12)14)28-5-4-20(9-28)7-13(20)27(2)3/h2*6,8,13,24H,4-5,7,9H2,1-3H3,(H,25,26)/t2*13-,20?/m10/s1. The summed E-state index contributed by atoms with van der Waals surface area (Å²) in [6.45, 7) is 3.39. The van der Waals surface area contributed by atoms with Gasteiger partial charge in [-0.05, 0) is 53.9 Å². The van der Waals surface area contributed by atoms with Crippen LogP contribution in [0, 0.1) is 34.1 Å². The Morgan fingerprint density at radius 3 is 1.41 bits per heavy atom. The van der Waals surface area contributed by atoms with E-state index in [2.05, 4.69) is 78.4 Å². The SMILES string of the molecule is CNc1cc(F)c(F)c2c1[nH]c1ncc(Cl)c(N3CCC4(C[C@@H]4N(C)C)C3)c12.CNc1cc(F)c(F)c2c1[nH]c1ncc(Cl)c(N3CCC4(C[C@H]4N(C)C)C3)c12. The lowest BCUT2D eigenvalue weighted by molar-refractivity contribution is 0.335. The number of nitrogens with one attached hydrogen (secondary N) is 4. The predicted octanol–water partition coefficient (Wildman–Crippen LogP) is 8.44. The van der Waals surface area contributed by atoms with Crippen molar-refractivity contribution in [2.45, 2.75) is 37.8 Å². The van der Waals surface area contributed by atoms with E-state index >= 15 is 0 Å². The minimum atomic E-state index is -0.892. The molecule has 0 bridgehead atoms. The van der Waals surface area contributed by atoms with Crippen LogP contribution in [0.1, 0.15) is 25.7 Å². The summed E-state index contributed by atoms with van der Waals surface area (Å²) in [5.41, 5.74) is 4.99. The van der Waals surface area contributed by atoms with E-state index in [4.69, 9.17) is 23.2 Å². The highest BCUT2D eigenvalue weighted by Gasteiger charge is 2.59. The number of anilines is 4. The molecular weight excluding hydrogens is 767 g/mol. The highest BCUT2D eigenvalue weighted by molar-refractivity contribution is 6.36. The summed E-state index contributed by atoms with van der Waals surface area (Å²) in [6.07, 6.45) is 7.62. The zero-order valence-corrected chi connectivity index (χ0v) is 33.6. The maximum absolute atomic E-state index is 14.9. The van der Waals surface area contributed by atoms with Crippen LogP contribution in [0.2, 0.25) is 10.0 Å². The Balaban J connectivity index is 0.000000146. The number of H-pyrrole nitrogens is 2. The molecule has 2 spiro atoms. The van der Waals surface area contributed by atoms with Crippen molar-refractivity contribution in [1.82, 2.24) is 29.7 Å². The monoisotopic (exact) mass is 810 g/mol. The van der Waals surface area contributed by atoms with Crippen LogP contribution in [0.3, 0.4) is 0 Å². The van der Waals surface area contributed by atoms with Gasteiger partial charge in [-0.1, -0.05) is 23.2 Å². The minimum Gasteiger partial charge on any atom is -0.386 e. The predicted molar refractivity (Wildman–Crippen MR) is 219 cm³/mol. The van der Waals surface area contributed by atoms with Crippen LogP contribution in [-0.2, 0) is 0 Å². The van der Waals surface area contributed by atoms with Crippen LogP contribution in [0.4, 0.5) is 40.3 Å². The second-order valence-electron chi connectivity index (χ2n) is 16.5. The molecule has 10 rings (SSSR count). The fraction of sp³-hybridized carbons (Fsp3) is 0.450. The first-order valence-electron chi connectivity index (χ1n) is 18.9. The molecule has 4 fully saturated rings. The molecule has 56 heavy (non-hydrogen) atoms. The average Bonchev–Trinajstić information content (AvgIpc) is 3.68. The van der Waals surface area contributed by atoms with Crippen molar-refractivity contribution in [3.05, 3.63) is 57.8 Å². The van der Waals surface area contributed by atoms with Crippen molar-refractivity contribution in [1.29, 1.82) is 0 Å². The molecular formula is C40H44Cl2F4N10. The molecule has 0 amide bonds. The van der Waals surface area contributed by atoms with Crippen LogP contribution in [0.5, 0.6) is 0 Å². The number of fused-ring (bicyclic) bond motifs is 6. The molecule has 2 saturated heterocycles. The lowest BCUT2D eigenvalue weighted by atomic mass is 10.1. The second kappa shape index (κ2) is 13.2. The van der Waals surface area contributed by atoms with Gasteiger partial charge in [0.1, 0.15) is 11.3 Å². The van der Waals surface area contributed by atoms with Gasteiger partial charge in [0.15, 0.2) is 23.3 Å². The number of rotatable bonds is 6. The quantitative estimate of drug-likeness (QED) is 0.125. The van der Waals surface area contributed by atoms with E-state index in [9.17, 15) is 17.6 Å². The van der Waals surface area contributed by atoms with E-state index in [1.54, 1.807) is 26.5 Å². The van der Waals surface area contributed by atoms with E-state index in [-0.39, 0.29) is 21.6 Å². The van der Waals surface area contributed by atoms with Gasteiger partial charge in [-0.2, -0.15) is 0 Å². The van der Waals surface area contributed by atoms with E-state index in [0.29, 0.717) is 66.6 Å². The maximum Gasteiger partial charge on any atom is 0.169 e. The summed E-state index contributed by atoms with van der Waals surface area (Å²) in [4.78, 5) is 24.0. The molecule has 4 N–H and O–H groups in total. The Hall–Kier alpha value is -4.24. The van der Waals surface area contributed by atoms with Crippen molar-refractivity contribution in [3.63, 3.8) is 0 Å². The number of aromatic amines is 2. The molecule has 2 unspecified atom stereocenters. The summed E-state index contributed by atoms with van der Waals surface area (Å²) >= 11 is 13.1. The topological polar surface area (TPSA) is 94.4 Å². The van der Waals surface area contributed by atoms with Gasteiger partial charge in [0.25, 0.3) is 0 Å². The third-order valence-corrected chi connectivity index (χ3v) is 13.5. The molecule has 16 heteroatoms. The van der Waals surface area contributed by atoms with E-state index in [1.807, 2.05) is 0 Å². The molecule has 0 radical (unpaired) electrons. The summed E-state index contributed by atoms with van der Waals surface area (Å²) in [6, 6.07) is 3.43. The number of pyridine rings is 2. The summed E-state index contributed by atoms with van der Waals surface area (Å²) in [5, 5.41) is 8.27. The normalized spacial score (nSPS) is 24.2. The van der Waals surface area contributed by atoms with Crippen LogP contribution in [0.25, 0.3) is 43.9 Å². The highest BCUT2D eigenvalue weighted by atomic mass is 35.5. The van der Waals surface area contributed by atoms with Gasteiger partial charge in [-0.15, -0.1) is 0 Å². The largest absolute Gasteiger partial charge is 0.386 e. The number of hydrogen-bond donors (Lipinski definition) is 4. The third-order valence-electron chi connectivity index (χ3n) is 12.9. The zero-order chi connectivity index (χ0) is 39.6. The highest BCUT2D eigenvalue weighted by Crippen LogP contribution is 2.58. The molecule has 2 saturated carbocycles. The third kappa shape index (κ3) is 5.57.